The van der Waals surface area contributed by atoms with E-state index in [1.807, 2.05) is 18.2 Å². The Morgan fingerprint density at radius 1 is 0.853 bits per heavy atom. The monoisotopic (exact) mass is 472 g/mol. The predicted molar refractivity (Wildman–Crippen MR) is 120 cm³/mol. The number of esters is 4. The summed E-state index contributed by atoms with van der Waals surface area (Å²) >= 11 is 0. The molecule has 8 nitrogen and oxygen atoms in total. The highest BCUT2D eigenvalue weighted by Gasteiger charge is 2.67. The summed E-state index contributed by atoms with van der Waals surface area (Å²) in [5.74, 6) is -1.04. The summed E-state index contributed by atoms with van der Waals surface area (Å²) in [7, 11) is 0. The fourth-order valence-corrected chi connectivity index (χ4v) is 6.80. The third kappa shape index (κ3) is 4.30. The van der Waals surface area contributed by atoms with Gasteiger partial charge in [0, 0.05) is 39.0 Å². The molecule has 34 heavy (non-hydrogen) atoms. The molecular weight excluding hydrogens is 440 g/mol. The Morgan fingerprint density at radius 3 is 2.12 bits per heavy atom. The SMILES string of the molecule is CC(=O)Oc1ccc2c(c1)CC[C@@H]1[C@@H]2CC[C@]2(C)[C@@H](OC(C)=O)C(OC(C)=O)C(OC(C)=O)[C@@H]12. The molecule has 0 saturated heterocycles. The van der Waals surface area contributed by atoms with Crippen molar-refractivity contribution >= 4 is 23.9 Å². The number of rotatable bonds is 4. The molecule has 2 saturated carbocycles. The van der Waals surface area contributed by atoms with Crippen LogP contribution in [0.2, 0.25) is 0 Å². The van der Waals surface area contributed by atoms with Crippen molar-refractivity contribution < 1.29 is 38.1 Å². The molecule has 3 aliphatic rings. The number of ether oxygens (including phenoxy) is 4. The summed E-state index contributed by atoms with van der Waals surface area (Å²) in [5.41, 5.74) is 1.84. The minimum Gasteiger partial charge on any atom is -0.458 e. The number of hydrogen-bond donors (Lipinski definition) is 0. The average Bonchev–Trinajstić information content (AvgIpc) is 2.94. The molecule has 0 aliphatic heterocycles. The summed E-state index contributed by atoms with van der Waals surface area (Å²) in [4.78, 5) is 47.5. The Balaban J connectivity index is 1.74. The van der Waals surface area contributed by atoms with Crippen LogP contribution in [0.3, 0.4) is 0 Å². The van der Waals surface area contributed by atoms with E-state index in [0.717, 1.165) is 31.2 Å². The van der Waals surface area contributed by atoms with Crippen LogP contribution in [-0.4, -0.2) is 42.2 Å². The van der Waals surface area contributed by atoms with Gasteiger partial charge in [-0.2, -0.15) is 0 Å². The van der Waals surface area contributed by atoms with E-state index >= 15 is 0 Å². The van der Waals surface area contributed by atoms with Gasteiger partial charge < -0.3 is 18.9 Å². The molecular formula is C26H32O8. The Morgan fingerprint density at radius 2 is 1.50 bits per heavy atom. The smallest absolute Gasteiger partial charge is 0.308 e. The highest BCUT2D eigenvalue weighted by molar-refractivity contribution is 5.70. The molecule has 2 unspecified atom stereocenters. The van der Waals surface area contributed by atoms with E-state index in [2.05, 4.69) is 6.92 Å². The molecule has 0 amide bonds. The molecule has 184 valence electrons. The lowest BCUT2D eigenvalue weighted by molar-refractivity contribution is -0.178. The molecule has 0 radical (unpaired) electrons. The zero-order valence-corrected chi connectivity index (χ0v) is 20.3. The normalized spacial score (nSPS) is 33.6. The molecule has 7 atom stereocenters. The van der Waals surface area contributed by atoms with Crippen LogP contribution < -0.4 is 4.74 Å². The lowest BCUT2D eigenvalue weighted by atomic mass is 9.55. The van der Waals surface area contributed by atoms with Crippen molar-refractivity contribution in [1.82, 2.24) is 0 Å². The third-order valence-corrected chi connectivity index (χ3v) is 7.78. The summed E-state index contributed by atoms with van der Waals surface area (Å²) in [6, 6.07) is 5.77. The van der Waals surface area contributed by atoms with Crippen molar-refractivity contribution in [2.24, 2.45) is 17.3 Å². The van der Waals surface area contributed by atoms with Crippen molar-refractivity contribution in [3.8, 4) is 5.75 Å². The van der Waals surface area contributed by atoms with Crippen molar-refractivity contribution in [3.63, 3.8) is 0 Å². The van der Waals surface area contributed by atoms with Crippen LogP contribution in [0.25, 0.3) is 0 Å². The molecule has 0 heterocycles. The first-order valence-corrected chi connectivity index (χ1v) is 11.8. The van der Waals surface area contributed by atoms with Crippen LogP contribution in [0, 0.1) is 17.3 Å². The first kappa shape index (κ1) is 24.2. The van der Waals surface area contributed by atoms with Crippen LogP contribution in [-0.2, 0) is 39.8 Å². The van der Waals surface area contributed by atoms with Crippen LogP contribution >= 0.6 is 0 Å². The second-order valence-electron chi connectivity index (χ2n) is 10.0. The Hall–Kier alpha value is -2.90. The third-order valence-electron chi connectivity index (χ3n) is 7.78. The van der Waals surface area contributed by atoms with E-state index in [4.69, 9.17) is 18.9 Å². The van der Waals surface area contributed by atoms with E-state index in [-0.39, 0.29) is 23.7 Å². The largest absolute Gasteiger partial charge is 0.458 e. The van der Waals surface area contributed by atoms with Gasteiger partial charge in [0.05, 0.1) is 0 Å². The Labute approximate surface area is 199 Å². The fourth-order valence-electron chi connectivity index (χ4n) is 6.80. The minimum absolute atomic E-state index is 0.147. The van der Waals surface area contributed by atoms with Crippen molar-refractivity contribution in [3.05, 3.63) is 29.3 Å². The fraction of sp³-hybridized carbons (Fsp3) is 0.615. The first-order chi connectivity index (χ1) is 16.0. The van der Waals surface area contributed by atoms with Gasteiger partial charge in [-0.05, 0) is 60.8 Å². The van der Waals surface area contributed by atoms with E-state index < -0.39 is 41.6 Å². The lowest BCUT2D eigenvalue weighted by Gasteiger charge is -2.50. The van der Waals surface area contributed by atoms with Gasteiger partial charge in [0.2, 0.25) is 0 Å². The van der Waals surface area contributed by atoms with Crippen LogP contribution in [0.4, 0.5) is 0 Å². The van der Waals surface area contributed by atoms with Gasteiger partial charge in [-0.1, -0.05) is 13.0 Å². The average molecular weight is 473 g/mol. The minimum atomic E-state index is -0.855. The van der Waals surface area contributed by atoms with Crippen molar-refractivity contribution in [2.75, 3.05) is 0 Å². The van der Waals surface area contributed by atoms with Crippen LogP contribution in [0.1, 0.15) is 70.9 Å². The van der Waals surface area contributed by atoms with Gasteiger partial charge in [0.25, 0.3) is 0 Å². The maximum absolute atomic E-state index is 12.1. The van der Waals surface area contributed by atoms with E-state index in [0.29, 0.717) is 5.75 Å². The number of aryl methyl sites for hydroxylation is 1. The number of fused-ring (bicyclic) bond motifs is 5. The molecule has 0 N–H and O–H groups in total. The summed E-state index contributed by atoms with van der Waals surface area (Å²) in [6.07, 6.45) is 0.932. The van der Waals surface area contributed by atoms with Gasteiger partial charge in [0.1, 0.15) is 18.0 Å². The van der Waals surface area contributed by atoms with Crippen LogP contribution in [0.5, 0.6) is 5.75 Å². The van der Waals surface area contributed by atoms with E-state index in [1.54, 1.807) is 0 Å². The predicted octanol–water partition coefficient (Wildman–Crippen LogP) is 3.48. The molecule has 1 aromatic rings. The van der Waals surface area contributed by atoms with Gasteiger partial charge in [-0.25, -0.2) is 0 Å². The van der Waals surface area contributed by atoms with Gasteiger partial charge in [-0.3, -0.25) is 19.2 Å². The van der Waals surface area contributed by atoms with Crippen molar-refractivity contribution in [1.29, 1.82) is 0 Å². The molecule has 8 heteroatoms. The maximum atomic E-state index is 12.1. The Bertz CT molecular complexity index is 1020. The number of benzene rings is 1. The molecule has 2 fully saturated rings. The second kappa shape index (κ2) is 9.04. The number of carbonyl (C=O) groups excluding carboxylic acids is 4. The number of carbonyl (C=O) groups is 4. The Kier molecular flexibility index (Phi) is 6.44. The molecule has 0 aromatic heterocycles. The molecule has 1 aromatic carbocycles. The molecule has 3 aliphatic carbocycles. The van der Waals surface area contributed by atoms with E-state index in [1.165, 1.54) is 33.3 Å². The standard InChI is InChI=1S/C26H32O8/c1-13(27)31-18-7-9-19-17(12-18)6-8-21-20(19)10-11-26(5)22(21)23(32-14(2)28)24(33-15(3)29)25(26)34-16(4)30/h7,9,12,20-25H,6,8,10-11H2,1-5H3/t20-,21-,22-,23?,24?,25+,26+/m1/s1. The second-order valence-corrected chi connectivity index (χ2v) is 10.0. The maximum Gasteiger partial charge on any atom is 0.308 e. The topological polar surface area (TPSA) is 105 Å². The quantitative estimate of drug-likeness (QED) is 0.373. The first-order valence-electron chi connectivity index (χ1n) is 11.8. The number of hydrogen-bond acceptors (Lipinski definition) is 8. The molecule has 0 bridgehead atoms. The highest BCUT2D eigenvalue weighted by atomic mass is 16.6. The van der Waals surface area contributed by atoms with E-state index in [9.17, 15) is 19.2 Å². The zero-order chi connectivity index (χ0) is 24.8. The van der Waals surface area contributed by atoms with Gasteiger partial charge in [0.15, 0.2) is 6.10 Å². The molecule has 4 rings (SSSR count). The highest BCUT2D eigenvalue weighted by Crippen LogP contribution is 2.62. The summed E-state index contributed by atoms with van der Waals surface area (Å²) < 4.78 is 22.5. The zero-order valence-electron chi connectivity index (χ0n) is 20.3. The van der Waals surface area contributed by atoms with Gasteiger partial charge >= 0.3 is 23.9 Å². The summed E-state index contributed by atoms with van der Waals surface area (Å²) in [5, 5.41) is 0. The van der Waals surface area contributed by atoms with Crippen molar-refractivity contribution in [2.45, 2.75) is 84.5 Å². The van der Waals surface area contributed by atoms with Gasteiger partial charge in [-0.15, -0.1) is 0 Å². The molecule has 0 spiro atoms. The summed E-state index contributed by atoms with van der Waals surface area (Å²) in [6.45, 7) is 7.42. The lowest BCUT2D eigenvalue weighted by Crippen LogP contribution is -2.47. The van der Waals surface area contributed by atoms with Crippen LogP contribution in [0.15, 0.2) is 18.2 Å².